The lowest BCUT2D eigenvalue weighted by Crippen LogP contribution is -2.18. The van der Waals surface area contributed by atoms with Crippen molar-refractivity contribution in [2.45, 2.75) is 19.1 Å². The summed E-state index contributed by atoms with van der Waals surface area (Å²) in [5, 5.41) is 11.0. The highest BCUT2D eigenvalue weighted by atomic mass is 19.4. The van der Waals surface area contributed by atoms with Crippen LogP contribution in [0.2, 0.25) is 0 Å². The van der Waals surface area contributed by atoms with Gasteiger partial charge in [-0.3, -0.25) is 4.79 Å². The van der Waals surface area contributed by atoms with E-state index in [0.717, 1.165) is 12.1 Å². The quantitative estimate of drug-likeness (QED) is 0.635. The summed E-state index contributed by atoms with van der Waals surface area (Å²) in [5.74, 6) is -1.99. The third-order valence-corrected chi connectivity index (χ3v) is 2.13. The van der Waals surface area contributed by atoms with E-state index in [1.54, 1.807) is 0 Å². The summed E-state index contributed by atoms with van der Waals surface area (Å²) in [6.07, 6.45) is -4.75. The lowest BCUT2D eigenvalue weighted by Gasteiger charge is -2.10. The molecule has 0 heterocycles. The summed E-state index contributed by atoms with van der Waals surface area (Å²) in [5.41, 5.74) is -0.940. The minimum atomic E-state index is -4.60. The van der Waals surface area contributed by atoms with E-state index in [1.807, 2.05) is 0 Å². The minimum absolute atomic E-state index is 0.0197. The van der Waals surface area contributed by atoms with Gasteiger partial charge in [0.15, 0.2) is 0 Å². The topological polar surface area (TPSA) is 49.3 Å². The molecule has 7 heteroatoms. The molecule has 0 atom stereocenters. The normalized spacial score (nSPS) is 11.6. The first-order chi connectivity index (χ1) is 8.29. The molecule has 18 heavy (non-hydrogen) atoms. The van der Waals surface area contributed by atoms with Crippen molar-refractivity contribution in [1.29, 1.82) is 0 Å². The average Bonchev–Trinajstić information content (AvgIpc) is 2.22. The van der Waals surface area contributed by atoms with Crippen LogP contribution in [0.25, 0.3) is 0 Å². The van der Waals surface area contributed by atoms with Gasteiger partial charge in [0.05, 0.1) is 12.0 Å². The zero-order valence-corrected chi connectivity index (χ0v) is 9.22. The summed E-state index contributed by atoms with van der Waals surface area (Å²) < 4.78 is 50.1. The van der Waals surface area contributed by atoms with Gasteiger partial charge >= 0.3 is 12.1 Å². The number of carboxylic acids is 1. The minimum Gasteiger partial charge on any atom is -0.481 e. The number of alkyl halides is 3. The molecule has 0 spiro atoms. The first-order valence-electron chi connectivity index (χ1n) is 5.08. The Labute approximate surface area is 100 Å². The SMILES string of the molecule is O=C(O)CCNCc1cc(F)cc(C(F)(F)F)c1. The van der Waals surface area contributed by atoms with Gasteiger partial charge in [0.2, 0.25) is 0 Å². The molecule has 0 aromatic heterocycles. The van der Waals surface area contributed by atoms with Crippen LogP contribution in [0.3, 0.4) is 0 Å². The summed E-state index contributed by atoms with van der Waals surface area (Å²) in [4.78, 5) is 10.2. The van der Waals surface area contributed by atoms with Crippen molar-refractivity contribution in [3.63, 3.8) is 0 Å². The molecule has 0 radical (unpaired) electrons. The molecular formula is C11H11F4NO2. The van der Waals surface area contributed by atoms with Gasteiger partial charge in [-0.15, -0.1) is 0 Å². The molecule has 0 aliphatic carbocycles. The Balaban J connectivity index is 2.66. The lowest BCUT2D eigenvalue weighted by molar-refractivity contribution is -0.138. The smallest absolute Gasteiger partial charge is 0.416 e. The summed E-state index contributed by atoms with van der Waals surface area (Å²) in [7, 11) is 0. The zero-order chi connectivity index (χ0) is 13.8. The second-order valence-electron chi connectivity index (χ2n) is 3.67. The molecule has 0 amide bonds. The van der Waals surface area contributed by atoms with Gasteiger partial charge in [-0.2, -0.15) is 13.2 Å². The average molecular weight is 265 g/mol. The van der Waals surface area contributed by atoms with Gasteiger partial charge in [-0.1, -0.05) is 0 Å². The van der Waals surface area contributed by atoms with E-state index in [2.05, 4.69) is 5.32 Å². The molecule has 0 fully saturated rings. The Bertz CT molecular complexity index is 432. The number of halogens is 4. The first-order valence-corrected chi connectivity index (χ1v) is 5.08. The molecule has 0 saturated carbocycles. The highest BCUT2D eigenvalue weighted by Crippen LogP contribution is 2.30. The Kier molecular flexibility index (Phi) is 4.66. The molecule has 3 nitrogen and oxygen atoms in total. The Morgan fingerprint density at radius 1 is 1.28 bits per heavy atom. The van der Waals surface area contributed by atoms with Crippen molar-refractivity contribution in [1.82, 2.24) is 5.32 Å². The van der Waals surface area contributed by atoms with E-state index in [9.17, 15) is 22.4 Å². The van der Waals surface area contributed by atoms with Crippen LogP contribution in [-0.4, -0.2) is 17.6 Å². The van der Waals surface area contributed by atoms with Crippen molar-refractivity contribution in [3.05, 3.63) is 35.1 Å². The number of hydrogen-bond donors (Lipinski definition) is 2. The van der Waals surface area contributed by atoms with E-state index < -0.39 is 23.5 Å². The zero-order valence-electron chi connectivity index (χ0n) is 9.22. The number of benzene rings is 1. The van der Waals surface area contributed by atoms with Crippen molar-refractivity contribution in [2.24, 2.45) is 0 Å². The largest absolute Gasteiger partial charge is 0.481 e. The van der Waals surface area contributed by atoms with Crippen LogP contribution in [0, 0.1) is 5.82 Å². The van der Waals surface area contributed by atoms with Gasteiger partial charge < -0.3 is 10.4 Å². The van der Waals surface area contributed by atoms with E-state index in [-0.39, 0.29) is 25.1 Å². The van der Waals surface area contributed by atoms with Crippen LogP contribution >= 0.6 is 0 Å². The van der Waals surface area contributed by atoms with Crippen molar-refractivity contribution in [3.8, 4) is 0 Å². The van der Waals surface area contributed by atoms with Crippen molar-refractivity contribution in [2.75, 3.05) is 6.54 Å². The van der Waals surface area contributed by atoms with Crippen molar-refractivity contribution >= 4 is 5.97 Å². The van der Waals surface area contributed by atoms with Crippen molar-refractivity contribution < 1.29 is 27.5 Å². The fourth-order valence-corrected chi connectivity index (χ4v) is 1.34. The molecule has 1 aromatic rings. The molecular weight excluding hydrogens is 254 g/mol. The van der Waals surface area contributed by atoms with Crippen LogP contribution in [0.15, 0.2) is 18.2 Å². The summed E-state index contributed by atoms with van der Waals surface area (Å²) >= 11 is 0. The van der Waals surface area contributed by atoms with Crippen LogP contribution in [0.4, 0.5) is 17.6 Å². The van der Waals surface area contributed by atoms with Crippen LogP contribution in [-0.2, 0) is 17.5 Å². The van der Waals surface area contributed by atoms with Crippen LogP contribution in [0.5, 0.6) is 0 Å². The molecule has 1 rings (SSSR count). The molecule has 100 valence electrons. The third-order valence-electron chi connectivity index (χ3n) is 2.13. The number of aliphatic carboxylic acids is 1. The van der Waals surface area contributed by atoms with Gasteiger partial charge in [-0.25, -0.2) is 4.39 Å². The van der Waals surface area contributed by atoms with E-state index in [0.29, 0.717) is 6.07 Å². The Morgan fingerprint density at radius 2 is 1.94 bits per heavy atom. The van der Waals surface area contributed by atoms with Gasteiger partial charge in [0.1, 0.15) is 5.82 Å². The van der Waals surface area contributed by atoms with Gasteiger partial charge in [-0.05, 0) is 23.8 Å². The molecule has 0 aliphatic rings. The first kappa shape index (κ1) is 14.4. The van der Waals surface area contributed by atoms with Crippen LogP contribution < -0.4 is 5.32 Å². The standard InChI is InChI=1S/C11H11F4NO2/c12-9-4-7(6-16-2-1-10(17)18)3-8(5-9)11(13,14)15/h3-5,16H,1-2,6H2,(H,17,18). The molecule has 0 aliphatic heterocycles. The number of rotatable bonds is 5. The maximum absolute atomic E-state index is 13.0. The highest BCUT2D eigenvalue weighted by molar-refractivity contribution is 5.66. The maximum Gasteiger partial charge on any atom is 0.416 e. The Hall–Kier alpha value is -1.63. The summed E-state index contributed by atoms with van der Waals surface area (Å²) in [6, 6.07) is 2.22. The maximum atomic E-state index is 13.0. The highest BCUT2D eigenvalue weighted by Gasteiger charge is 2.31. The molecule has 0 unspecified atom stereocenters. The lowest BCUT2D eigenvalue weighted by atomic mass is 10.1. The molecule has 0 bridgehead atoms. The van der Waals surface area contributed by atoms with Crippen LogP contribution in [0.1, 0.15) is 17.5 Å². The van der Waals surface area contributed by atoms with E-state index in [4.69, 9.17) is 5.11 Å². The molecule has 0 saturated heterocycles. The van der Waals surface area contributed by atoms with Gasteiger partial charge in [0.25, 0.3) is 0 Å². The predicted molar refractivity (Wildman–Crippen MR) is 55.4 cm³/mol. The number of nitrogens with one attached hydrogen (secondary N) is 1. The van der Waals surface area contributed by atoms with E-state index >= 15 is 0 Å². The Morgan fingerprint density at radius 3 is 2.50 bits per heavy atom. The molecule has 2 N–H and O–H groups in total. The number of hydrogen-bond acceptors (Lipinski definition) is 2. The van der Waals surface area contributed by atoms with Gasteiger partial charge in [0, 0.05) is 13.1 Å². The van der Waals surface area contributed by atoms with E-state index in [1.165, 1.54) is 0 Å². The third kappa shape index (κ3) is 4.70. The fraction of sp³-hybridized carbons (Fsp3) is 0.364. The number of carbonyl (C=O) groups is 1. The number of carboxylic acid groups (broad SMARTS) is 1. The summed E-state index contributed by atoms with van der Waals surface area (Å²) in [6.45, 7) is 0.0846. The second kappa shape index (κ2) is 5.81. The monoisotopic (exact) mass is 265 g/mol. The fourth-order valence-electron chi connectivity index (χ4n) is 1.34. The molecule has 1 aromatic carbocycles. The second-order valence-corrected chi connectivity index (χ2v) is 3.67. The predicted octanol–water partition coefficient (Wildman–Crippen LogP) is 2.41.